The lowest BCUT2D eigenvalue weighted by Gasteiger charge is -2.20. The van der Waals surface area contributed by atoms with Crippen LogP contribution in [0.2, 0.25) is 0 Å². The normalized spacial score (nSPS) is 18.4. The molecule has 2 aliphatic rings. The summed E-state index contributed by atoms with van der Waals surface area (Å²) in [6.07, 6.45) is 4.83. The van der Waals surface area contributed by atoms with E-state index in [-0.39, 0.29) is 11.2 Å². The van der Waals surface area contributed by atoms with Crippen LogP contribution in [-0.2, 0) is 4.79 Å². The molecule has 1 heterocycles. The predicted octanol–water partition coefficient (Wildman–Crippen LogP) is 3.41. The second kappa shape index (κ2) is 6.24. The molecule has 6 heteroatoms. The van der Waals surface area contributed by atoms with Crippen LogP contribution in [0.25, 0.3) is 0 Å². The van der Waals surface area contributed by atoms with Crippen LogP contribution in [0.3, 0.4) is 0 Å². The summed E-state index contributed by atoms with van der Waals surface area (Å²) in [4.78, 5) is 14.4. The van der Waals surface area contributed by atoms with E-state index in [0.717, 1.165) is 16.5 Å². The molecule has 0 spiro atoms. The summed E-state index contributed by atoms with van der Waals surface area (Å²) in [6, 6.07) is 10.5. The van der Waals surface area contributed by atoms with E-state index in [1.165, 1.54) is 37.4 Å². The molecule has 1 atom stereocenters. The minimum absolute atomic E-state index is 0.0875. The van der Waals surface area contributed by atoms with Gasteiger partial charge in [0.05, 0.1) is 0 Å². The number of benzene rings is 1. The highest BCUT2D eigenvalue weighted by molar-refractivity contribution is 8.00. The fourth-order valence-electron chi connectivity index (χ4n) is 2.89. The lowest BCUT2D eigenvalue weighted by atomic mass is 10.1. The maximum absolute atomic E-state index is 12.7. The van der Waals surface area contributed by atoms with E-state index in [0.29, 0.717) is 12.0 Å². The van der Waals surface area contributed by atoms with Crippen LogP contribution in [-0.4, -0.2) is 39.7 Å². The molecule has 0 aliphatic heterocycles. The molecule has 126 valence electrons. The first kappa shape index (κ1) is 15.7. The van der Waals surface area contributed by atoms with Gasteiger partial charge >= 0.3 is 0 Å². The van der Waals surface area contributed by atoms with Crippen molar-refractivity contribution in [3.05, 3.63) is 41.7 Å². The number of carbonyl (C=O) groups is 1. The minimum Gasteiger partial charge on any atom is -0.348 e. The molecule has 4 rings (SSSR count). The van der Waals surface area contributed by atoms with E-state index in [4.69, 9.17) is 0 Å². The molecule has 0 unspecified atom stereocenters. The highest BCUT2D eigenvalue weighted by Crippen LogP contribution is 2.47. The summed E-state index contributed by atoms with van der Waals surface area (Å²) in [6.45, 7) is 0. The number of likely N-dealkylation sites (N-methyl/N-ethyl adjacent to an activating group) is 1. The van der Waals surface area contributed by atoms with E-state index in [1.807, 2.05) is 30.3 Å². The average molecular weight is 342 g/mol. The van der Waals surface area contributed by atoms with Crippen LogP contribution in [0.15, 0.2) is 35.5 Å². The van der Waals surface area contributed by atoms with Crippen molar-refractivity contribution in [1.29, 1.82) is 0 Å². The molecule has 1 aromatic heterocycles. The van der Waals surface area contributed by atoms with Crippen LogP contribution in [0.5, 0.6) is 0 Å². The van der Waals surface area contributed by atoms with Crippen molar-refractivity contribution in [3.63, 3.8) is 0 Å². The number of hydrogen-bond acceptors (Lipinski definition) is 4. The van der Waals surface area contributed by atoms with Gasteiger partial charge in [0.2, 0.25) is 5.91 Å². The Morgan fingerprint density at radius 1 is 1.17 bits per heavy atom. The highest BCUT2D eigenvalue weighted by atomic mass is 32.2. The molecule has 0 N–H and O–H groups in total. The van der Waals surface area contributed by atoms with Gasteiger partial charge in [-0.05, 0) is 31.2 Å². The van der Waals surface area contributed by atoms with Crippen molar-refractivity contribution < 1.29 is 4.79 Å². The fraction of sp³-hybridized carbons (Fsp3) is 0.500. The topological polar surface area (TPSA) is 51.0 Å². The zero-order chi connectivity index (χ0) is 16.7. The third kappa shape index (κ3) is 3.07. The Balaban J connectivity index is 1.66. The van der Waals surface area contributed by atoms with E-state index < -0.39 is 0 Å². The summed E-state index contributed by atoms with van der Waals surface area (Å²) in [5, 5.41) is 9.52. The van der Waals surface area contributed by atoms with Gasteiger partial charge in [-0.2, -0.15) is 0 Å². The number of aromatic nitrogens is 3. The Morgan fingerprint density at radius 3 is 2.46 bits per heavy atom. The number of thioether (sulfide) groups is 1. The quantitative estimate of drug-likeness (QED) is 0.755. The molecule has 24 heavy (non-hydrogen) atoms. The van der Waals surface area contributed by atoms with Crippen LogP contribution in [0, 0.1) is 0 Å². The molecule has 2 aromatic rings. The summed E-state index contributed by atoms with van der Waals surface area (Å²) >= 11 is 1.54. The van der Waals surface area contributed by atoms with E-state index >= 15 is 0 Å². The summed E-state index contributed by atoms with van der Waals surface area (Å²) < 4.78 is 2.31. The van der Waals surface area contributed by atoms with Gasteiger partial charge in [0.1, 0.15) is 11.1 Å². The number of rotatable bonds is 6. The van der Waals surface area contributed by atoms with Gasteiger partial charge in [0.25, 0.3) is 0 Å². The van der Waals surface area contributed by atoms with Gasteiger partial charge in [-0.3, -0.25) is 4.79 Å². The van der Waals surface area contributed by atoms with Crippen LogP contribution in [0.4, 0.5) is 0 Å². The molecule has 2 fully saturated rings. The Morgan fingerprint density at radius 2 is 1.88 bits per heavy atom. The largest absolute Gasteiger partial charge is 0.348 e. The van der Waals surface area contributed by atoms with Crippen molar-refractivity contribution in [2.24, 2.45) is 0 Å². The van der Waals surface area contributed by atoms with E-state index in [1.54, 1.807) is 19.0 Å². The molecule has 5 nitrogen and oxygen atoms in total. The van der Waals surface area contributed by atoms with Gasteiger partial charge in [-0.1, -0.05) is 42.1 Å². The first-order valence-electron chi connectivity index (χ1n) is 8.52. The van der Waals surface area contributed by atoms with Gasteiger partial charge < -0.3 is 9.47 Å². The molecule has 0 saturated heterocycles. The van der Waals surface area contributed by atoms with Crippen molar-refractivity contribution >= 4 is 17.7 Å². The molecule has 1 aromatic carbocycles. The Hall–Kier alpha value is -1.82. The lowest BCUT2D eigenvalue weighted by Crippen LogP contribution is -2.27. The summed E-state index contributed by atoms with van der Waals surface area (Å²) in [5.41, 5.74) is 1.01. The van der Waals surface area contributed by atoms with Gasteiger partial charge in [-0.15, -0.1) is 10.2 Å². The van der Waals surface area contributed by atoms with Crippen LogP contribution in [0.1, 0.15) is 54.3 Å². The van der Waals surface area contributed by atoms with Gasteiger partial charge in [0, 0.05) is 26.1 Å². The third-order valence-electron chi connectivity index (χ3n) is 4.54. The summed E-state index contributed by atoms with van der Waals surface area (Å²) in [5.74, 6) is 1.79. The molecular weight excluding hydrogens is 320 g/mol. The lowest BCUT2D eigenvalue weighted by molar-refractivity contribution is -0.128. The average Bonchev–Trinajstić information content (AvgIpc) is 3.51. The van der Waals surface area contributed by atoms with E-state index in [2.05, 4.69) is 14.8 Å². The zero-order valence-electron chi connectivity index (χ0n) is 14.1. The Labute approximate surface area is 146 Å². The number of hydrogen-bond donors (Lipinski definition) is 0. The smallest absolute Gasteiger partial charge is 0.240 e. The first-order valence-corrected chi connectivity index (χ1v) is 9.40. The fourth-order valence-corrected chi connectivity index (χ4v) is 4.15. The predicted molar refractivity (Wildman–Crippen MR) is 94.0 cm³/mol. The molecule has 2 saturated carbocycles. The standard InChI is InChI=1S/C18H22N4OS/c1-21(2)17(23)15(12-6-4-3-5-7-12)24-18-20-19-16(13-8-9-13)22(18)14-10-11-14/h3-7,13-15H,8-11H2,1-2H3/t15-/m1/s1. The SMILES string of the molecule is CN(C)C(=O)[C@H](Sc1nnc(C2CC2)n1C1CC1)c1ccccc1. The summed E-state index contributed by atoms with van der Waals surface area (Å²) in [7, 11) is 3.61. The third-order valence-corrected chi connectivity index (χ3v) is 5.73. The number of nitrogens with zero attached hydrogens (tertiary/aromatic N) is 4. The van der Waals surface area contributed by atoms with Crippen molar-refractivity contribution in [2.75, 3.05) is 14.1 Å². The second-order valence-corrected chi connectivity index (χ2v) is 7.93. The maximum Gasteiger partial charge on any atom is 0.240 e. The molecule has 1 amide bonds. The molecule has 0 bridgehead atoms. The van der Waals surface area contributed by atoms with Crippen LogP contribution < -0.4 is 0 Å². The van der Waals surface area contributed by atoms with Gasteiger partial charge in [-0.25, -0.2) is 0 Å². The molecule has 2 aliphatic carbocycles. The van der Waals surface area contributed by atoms with Crippen molar-refractivity contribution in [1.82, 2.24) is 19.7 Å². The molecular formula is C18H22N4OS. The van der Waals surface area contributed by atoms with Gasteiger partial charge in [0.15, 0.2) is 5.16 Å². The van der Waals surface area contributed by atoms with Crippen molar-refractivity contribution in [3.8, 4) is 0 Å². The number of carbonyl (C=O) groups excluding carboxylic acids is 1. The highest BCUT2D eigenvalue weighted by Gasteiger charge is 2.37. The Kier molecular flexibility index (Phi) is 4.08. The molecule has 0 radical (unpaired) electrons. The van der Waals surface area contributed by atoms with Crippen LogP contribution >= 0.6 is 11.8 Å². The minimum atomic E-state index is -0.282. The Bertz CT molecular complexity index is 735. The van der Waals surface area contributed by atoms with E-state index in [9.17, 15) is 4.79 Å². The zero-order valence-corrected chi connectivity index (χ0v) is 14.9. The maximum atomic E-state index is 12.7. The van der Waals surface area contributed by atoms with Crippen molar-refractivity contribution in [2.45, 2.75) is 48.0 Å². The number of amides is 1. The monoisotopic (exact) mass is 342 g/mol. The first-order chi connectivity index (χ1) is 11.6. The second-order valence-electron chi connectivity index (χ2n) is 6.86.